The van der Waals surface area contributed by atoms with E-state index in [0.29, 0.717) is 61.6 Å². The van der Waals surface area contributed by atoms with Crippen LogP contribution in [0.2, 0.25) is 0 Å². The fourth-order valence-electron chi connectivity index (χ4n) is 5.05. The zero-order valence-corrected chi connectivity index (χ0v) is 21.2. The summed E-state index contributed by atoms with van der Waals surface area (Å²) in [7, 11) is 1.59. The fourth-order valence-corrected chi connectivity index (χ4v) is 5.05. The second kappa shape index (κ2) is 10.5. The molecule has 0 N–H and O–H groups in total. The number of hydrogen-bond donors (Lipinski definition) is 0. The molecular weight excluding hydrogens is 466 g/mol. The first-order valence-corrected chi connectivity index (χ1v) is 12.7. The van der Waals surface area contributed by atoms with E-state index in [9.17, 15) is 9.59 Å². The first kappa shape index (κ1) is 24.6. The molecule has 6 nitrogen and oxygen atoms in total. The van der Waals surface area contributed by atoms with Gasteiger partial charge in [0.25, 0.3) is 5.91 Å². The van der Waals surface area contributed by atoms with Crippen LogP contribution in [-0.2, 0) is 4.79 Å². The van der Waals surface area contributed by atoms with Crippen LogP contribution in [0.15, 0.2) is 72.8 Å². The minimum Gasteiger partial charge on any atom is -0.497 e. The first-order chi connectivity index (χ1) is 18.0. The number of fused-ring (bicyclic) bond motifs is 1. The van der Waals surface area contributed by atoms with Gasteiger partial charge in [-0.25, -0.2) is 0 Å². The lowest BCUT2D eigenvalue weighted by atomic mass is 9.82. The lowest BCUT2D eigenvalue weighted by Crippen LogP contribution is -2.52. The number of ether oxygens (including phenoxy) is 3. The van der Waals surface area contributed by atoms with Crippen molar-refractivity contribution in [3.63, 3.8) is 0 Å². The van der Waals surface area contributed by atoms with Crippen LogP contribution >= 0.6 is 0 Å². The number of hydrogen-bond acceptors (Lipinski definition) is 5. The summed E-state index contributed by atoms with van der Waals surface area (Å²) in [5.74, 6) is 2.07. The molecule has 2 aliphatic heterocycles. The van der Waals surface area contributed by atoms with Crippen molar-refractivity contribution in [1.29, 1.82) is 0 Å². The number of Topliss-reactive ketones (excluding diaryl/α,β-unsaturated/α-hetero) is 1. The van der Waals surface area contributed by atoms with E-state index in [4.69, 9.17) is 14.2 Å². The van der Waals surface area contributed by atoms with E-state index in [0.717, 1.165) is 16.9 Å². The molecular formula is C31H31NO5. The van der Waals surface area contributed by atoms with Gasteiger partial charge in [-0.05, 0) is 48.4 Å². The molecule has 2 aliphatic rings. The Morgan fingerprint density at radius 1 is 1.00 bits per heavy atom. The molecule has 0 saturated carbocycles. The molecule has 5 rings (SSSR count). The molecule has 2 heterocycles. The van der Waals surface area contributed by atoms with E-state index in [1.165, 1.54) is 0 Å². The molecule has 3 aromatic rings. The zero-order chi connectivity index (χ0) is 25.8. The van der Waals surface area contributed by atoms with Crippen LogP contribution in [0.25, 0.3) is 11.6 Å². The van der Waals surface area contributed by atoms with E-state index < -0.39 is 5.60 Å². The highest BCUT2D eigenvalue weighted by Crippen LogP contribution is 2.41. The molecule has 1 fully saturated rings. The summed E-state index contributed by atoms with van der Waals surface area (Å²) in [6.07, 6.45) is 3.43. The Morgan fingerprint density at radius 2 is 1.70 bits per heavy atom. The van der Waals surface area contributed by atoms with Crippen molar-refractivity contribution in [2.24, 2.45) is 0 Å². The number of amides is 1. The molecule has 3 aromatic carbocycles. The van der Waals surface area contributed by atoms with Gasteiger partial charge in [0.05, 0.1) is 25.7 Å². The highest BCUT2D eigenvalue weighted by atomic mass is 16.5. The van der Waals surface area contributed by atoms with E-state index in [1.807, 2.05) is 72.5 Å². The minimum atomic E-state index is -0.598. The number of benzene rings is 3. The molecule has 1 saturated heterocycles. The maximum Gasteiger partial charge on any atom is 0.254 e. The van der Waals surface area contributed by atoms with Gasteiger partial charge in [-0.2, -0.15) is 0 Å². The fraction of sp³-hybridized carbons (Fsp3) is 0.290. The summed E-state index contributed by atoms with van der Waals surface area (Å²) in [6.45, 7) is 3.58. The predicted octanol–water partition coefficient (Wildman–Crippen LogP) is 5.66. The highest BCUT2D eigenvalue weighted by molar-refractivity contribution is 6.24. The standard InChI is InChI=1S/C31H31NO5/c1-3-36-24-11-9-22(10-12-24)19-27(23-7-5-4-6-8-23)30(34)32-17-15-31(16-18-32)21-28(33)26-14-13-25(35-2)20-29(26)37-31/h4-14,19-20H,3,15-18,21H2,1-2H3/b27-19+. The lowest BCUT2D eigenvalue weighted by molar-refractivity contribution is -0.128. The Bertz CT molecular complexity index is 1310. The average molecular weight is 498 g/mol. The van der Waals surface area contributed by atoms with Crippen LogP contribution in [-0.4, -0.2) is 49.0 Å². The number of carbonyl (C=O) groups is 2. The third-order valence-electron chi connectivity index (χ3n) is 7.08. The van der Waals surface area contributed by atoms with Crippen LogP contribution < -0.4 is 14.2 Å². The summed E-state index contributed by atoms with van der Waals surface area (Å²) in [5.41, 5.74) is 2.42. The first-order valence-electron chi connectivity index (χ1n) is 12.7. The summed E-state index contributed by atoms with van der Waals surface area (Å²) in [6, 6.07) is 22.8. The Balaban J connectivity index is 1.36. The monoisotopic (exact) mass is 497 g/mol. The Kier molecular flexibility index (Phi) is 6.99. The van der Waals surface area contributed by atoms with Crippen LogP contribution in [0.3, 0.4) is 0 Å². The van der Waals surface area contributed by atoms with Crippen molar-refractivity contribution < 1.29 is 23.8 Å². The van der Waals surface area contributed by atoms with Crippen LogP contribution in [0.5, 0.6) is 17.2 Å². The molecule has 6 heteroatoms. The van der Waals surface area contributed by atoms with E-state index >= 15 is 0 Å². The molecule has 0 unspecified atom stereocenters. The van der Waals surface area contributed by atoms with E-state index in [-0.39, 0.29) is 11.7 Å². The summed E-state index contributed by atoms with van der Waals surface area (Å²) < 4.78 is 17.3. The van der Waals surface area contributed by atoms with Crippen LogP contribution in [0.4, 0.5) is 0 Å². The normalized spacial score (nSPS) is 16.6. The summed E-state index contributed by atoms with van der Waals surface area (Å²) >= 11 is 0. The smallest absolute Gasteiger partial charge is 0.254 e. The second-order valence-corrected chi connectivity index (χ2v) is 9.47. The molecule has 0 bridgehead atoms. The largest absolute Gasteiger partial charge is 0.497 e. The molecule has 1 spiro atoms. The van der Waals surface area contributed by atoms with Gasteiger partial charge >= 0.3 is 0 Å². The van der Waals surface area contributed by atoms with Crippen molar-refractivity contribution in [1.82, 2.24) is 4.90 Å². The SMILES string of the molecule is CCOc1ccc(/C=C(/C(=O)N2CCC3(CC2)CC(=O)c2ccc(OC)cc2O3)c2ccccc2)cc1. The van der Waals surface area contributed by atoms with Gasteiger partial charge in [0.2, 0.25) is 0 Å². The van der Waals surface area contributed by atoms with Crippen molar-refractivity contribution in [2.45, 2.75) is 31.8 Å². The summed E-state index contributed by atoms with van der Waals surface area (Å²) in [4.78, 5) is 28.6. The van der Waals surface area contributed by atoms with Gasteiger partial charge in [-0.15, -0.1) is 0 Å². The number of ketones is 1. The number of nitrogens with zero attached hydrogens (tertiary/aromatic N) is 1. The highest BCUT2D eigenvalue weighted by Gasteiger charge is 2.44. The molecule has 0 atom stereocenters. The van der Waals surface area contributed by atoms with Gasteiger partial charge in [-0.3, -0.25) is 9.59 Å². The number of methoxy groups -OCH3 is 1. The number of piperidine rings is 1. The van der Waals surface area contributed by atoms with Gasteiger partial charge < -0.3 is 19.1 Å². The minimum absolute atomic E-state index is 0.0286. The van der Waals surface area contributed by atoms with Gasteiger partial charge in [0, 0.05) is 37.6 Å². The number of rotatable bonds is 6. The molecule has 1 amide bonds. The van der Waals surface area contributed by atoms with Crippen LogP contribution in [0.1, 0.15) is 47.7 Å². The van der Waals surface area contributed by atoms with Gasteiger partial charge in [0.1, 0.15) is 22.8 Å². The third-order valence-corrected chi connectivity index (χ3v) is 7.08. The molecule has 37 heavy (non-hydrogen) atoms. The van der Waals surface area contributed by atoms with Crippen LogP contribution in [0, 0.1) is 0 Å². The molecule has 0 aliphatic carbocycles. The average Bonchev–Trinajstić information content (AvgIpc) is 2.93. The second-order valence-electron chi connectivity index (χ2n) is 9.47. The third kappa shape index (κ3) is 5.24. The van der Waals surface area contributed by atoms with Crippen molar-refractivity contribution in [2.75, 3.05) is 26.8 Å². The molecule has 0 radical (unpaired) electrons. The van der Waals surface area contributed by atoms with Crippen molar-refractivity contribution in [3.05, 3.63) is 89.5 Å². The lowest BCUT2D eigenvalue weighted by Gasteiger charge is -2.44. The zero-order valence-electron chi connectivity index (χ0n) is 21.2. The quantitative estimate of drug-likeness (QED) is 0.325. The maximum atomic E-state index is 13.8. The number of carbonyl (C=O) groups excluding carboxylic acids is 2. The predicted molar refractivity (Wildman–Crippen MR) is 143 cm³/mol. The van der Waals surface area contributed by atoms with Gasteiger partial charge in [0.15, 0.2) is 5.78 Å². The topological polar surface area (TPSA) is 65.1 Å². The summed E-state index contributed by atoms with van der Waals surface area (Å²) in [5, 5.41) is 0. The number of likely N-dealkylation sites (tertiary alicyclic amines) is 1. The van der Waals surface area contributed by atoms with Crippen molar-refractivity contribution >= 4 is 23.3 Å². The molecule has 0 aromatic heterocycles. The van der Waals surface area contributed by atoms with E-state index in [1.54, 1.807) is 25.3 Å². The molecule has 190 valence electrons. The van der Waals surface area contributed by atoms with E-state index in [2.05, 4.69) is 0 Å². The Hall–Kier alpha value is -4.06. The Morgan fingerprint density at radius 3 is 2.38 bits per heavy atom. The maximum absolute atomic E-state index is 13.8. The Labute approximate surface area is 217 Å². The van der Waals surface area contributed by atoms with Gasteiger partial charge in [-0.1, -0.05) is 42.5 Å². The van der Waals surface area contributed by atoms with Crippen molar-refractivity contribution in [3.8, 4) is 17.2 Å².